The number of hydrazine groups is 1. The van der Waals surface area contributed by atoms with E-state index in [2.05, 4.69) is 20.7 Å². The van der Waals surface area contributed by atoms with Crippen LogP contribution in [0.1, 0.15) is 83.5 Å². The van der Waals surface area contributed by atoms with Crippen LogP contribution in [0.3, 0.4) is 0 Å². The molecule has 7 N–H and O–H groups in total. The molecule has 9 nitrogen and oxygen atoms in total. The number of amides is 2. The third kappa shape index (κ3) is 5.73. The maximum Gasteiger partial charge on any atom is 0.237 e. The number of hydrogen-bond acceptors (Lipinski definition) is 6. The zero-order valence-corrected chi connectivity index (χ0v) is 21.8. The van der Waals surface area contributed by atoms with E-state index in [-0.39, 0.29) is 35.7 Å². The SMILES string of the molecule is N=C(N)C1CCC2CC(C(=O)NC3CCCC(N4CCCN4)C3)N(CC3CCC(C(N)=O)CC3)C2C1. The molecule has 2 saturated heterocycles. The van der Waals surface area contributed by atoms with Gasteiger partial charge in [0.25, 0.3) is 0 Å². The molecule has 3 aliphatic carbocycles. The van der Waals surface area contributed by atoms with Gasteiger partial charge in [-0.15, -0.1) is 0 Å². The predicted octanol–water partition coefficient (Wildman–Crippen LogP) is 1.71. The molecule has 9 heteroatoms. The van der Waals surface area contributed by atoms with E-state index in [1.165, 1.54) is 12.8 Å². The van der Waals surface area contributed by atoms with Crippen LogP contribution in [0.5, 0.6) is 0 Å². The Morgan fingerprint density at radius 2 is 1.69 bits per heavy atom. The summed E-state index contributed by atoms with van der Waals surface area (Å²) in [6.45, 7) is 3.08. The van der Waals surface area contributed by atoms with Crippen molar-refractivity contribution in [3.63, 3.8) is 0 Å². The monoisotopic (exact) mass is 501 g/mol. The van der Waals surface area contributed by atoms with Crippen molar-refractivity contribution in [2.24, 2.45) is 35.1 Å². The van der Waals surface area contributed by atoms with E-state index in [0.29, 0.717) is 29.8 Å². The molecule has 6 unspecified atom stereocenters. The van der Waals surface area contributed by atoms with E-state index in [1.54, 1.807) is 0 Å². The molecule has 0 bridgehead atoms. The lowest BCUT2D eigenvalue weighted by Gasteiger charge is -2.40. The van der Waals surface area contributed by atoms with Crippen LogP contribution in [0.2, 0.25) is 0 Å². The maximum absolute atomic E-state index is 13.8. The van der Waals surface area contributed by atoms with Crippen molar-refractivity contribution >= 4 is 17.6 Å². The topological polar surface area (TPSA) is 141 Å². The minimum absolute atomic E-state index is 0.00721. The summed E-state index contributed by atoms with van der Waals surface area (Å²) in [5, 5.41) is 13.9. The molecule has 5 rings (SSSR count). The number of amidine groups is 1. The van der Waals surface area contributed by atoms with Crippen LogP contribution in [0.15, 0.2) is 0 Å². The van der Waals surface area contributed by atoms with E-state index >= 15 is 0 Å². The minimum Gasteiger partial charge on any atom is -0.387 e. The second-order valence-corrected chi connectivity index (χ2v) is 12.3. The Morgan fingerprint density at radius 1 is 0.917 bits per heavy atom. The zero-order chi connectivity index (χ0) is 25.2. The summed E-state index contributed by atoms with van der Waals surface area (Å²) < 4.78 is 0. The van der Waals surface area contributed by atoms with Gasteiger partial charge in [0.1, 0.15) is 0 Å². The fourth-order valence-corrected chi connectivity index (χ4v) is 8.01. The molecular weight excluding hydrogens is 454 g/mol. The number of rotatable bonds is 7. The van der Waals surface area contributed by atoms with Gasteiger partial charge in [0.2, 0.25) is 11.8 Å². The van der Waals surface area contributed by atoms with E-state index in [9.17, 15) is 9.59 Å². The summed E-state index contributed by atoms with van der Waals surface area (Å²) >= 11 is 0. The summed E-state index contributed by atoms with van der Waals surface area (Å²) in [6, 6.07) is 1.000. The molecule has 2 heterocycles. The molecule has 2 amide bonds. The molecule has 6 atom stereocenters. The lowest BCUT2D eigenvalue weighted by atomic mass is 9.77. The first kappa shape index (κ1) is 25.9. The Bertz CT molecular complexity index is 808. The van der Waals surface area contributed by atoms with Crippen molar-refractivity contribution in [1.82, 2.24) is 20.7 Å². The Balaban J connectivity index is 1.24. The third-order valence-corrected chi connectivity index (χ3v) is 10.1. The summed E-state index contributed by atoms with van der Waals surface area (Å²) in [6.07, 6.45) is 13.2. The summed E-state index contributed by atoms with van der Waals surface area (Å²) in [5.41, 5.74) is 15.0. The smallest absolute Gasteiger partial charge is 0.237 e. The second-order valence-electron chi connectivity index (χ2n) is 12.3. The van der Waals surface area contributed by atoms with Crippen molar-refractivity contribution in [1.29, 1.82) is 5.41 Å². The molecule has 0 aromatic heterocycles. The molecular formula is C27H47N7O2. The van der Waals surface area contributed by atoms with Gasteiger partial charge in [-0.2, -0.15) is 0 Å². The highest BCUT2D eigenvalue weighted by Gasteiger charge is 2.48. The molecule has 5 fully saturated rings. The molecule has 0 aromatic carbocycles. The van der Waals surface area contributed by atoms with Gasteiger partial charge in [0.05, 0.1) is 11.9 Å². The predicted molar refractivity (Wildman–Crippen MR) is 140 cm³/mol. The Kier molecular flexibility index (Phi) is 8.17. The number of nitrogens with zero attached hydrogens (tertiary/aromatic N) is 2. The fraction of sp³-hybridized carbons (Fsp3) is 0.889. The average Bonchev–Trinajstić information content (AvgIpc) is 3.53. The first-order valence-electron chi connectivity index (χ1n) is 14.6. The van der Waals surface area contributed by atoms with Crippen LogP contribution in [0, 0.1) is 29.1 Å². The summed E-state index contributed by atoms with van der Waals surface area (Å²) in [5.74, 6) is 1.47. The van der Waals surface area contributed by atoms with Crippen LogP contribution in [0.4, 0.5) is 0 Å². The highest BCUT2D eigenvalue weighted by atomic mass is 16.2. The van der Waals surface area contributed by atoms with E-state index < -0.39 is 0 Å². The van der Waals surface area contributed by atoms with Gasteiger partial charge in [-0.25, -0.2) is 5.01 Å². The zero-order valence-electron chi connectivity index (χ0n) is 21.8. The molecule has 0 radical (unpaired) electrons. The van der Waals surface area contributed by atoms with Crippen molar-refractivity contribution in [3.05, 3.63) is 0 Å². The summed E-state index contributed by atoms with van der Waals surface area (Å²) in [7, 11) is 0. The lowest BCUT2D eigenvalue weighted by Crippen LogP contribution is -2.53. The molecule has 0 aromatic rings. The first-order chi connectivity index (χ1) is 17.4. The second kappa shape index (κ2) is 11.4. The average molecular weight is 502 g/mol. The van der Waals surface area contributed by atoms with Gasteiger partial charge < -0.3 is 16.8 Å². The van der Waals surface area contributed by atoms with Crippen LogP contribution in [-0.2, 0) is 9.59 Å². The largest absolute Gasteiger partial charge is 0.387 e. The van der Waals surface area contributed by atoms with E-state index in [4.69, 9.17) is 16.9 Å². The maximum atomic E-state index is 13.8. The van der Waals surface area contributed by atoms with Crippen molar-refractivity contribution in [2.45, 2.75) is 108 Å². The number of nitrogens with two attached hydrogens (primary N) is 2. The number of nitrogens with one attached hydrogen (secondary N) is 3. The number of primary amides is 1. The van der Waals surface area contributed by atoms with Crippen molar-refractivity contribution in [3.8, 4) is 0 Å². The minimum atomic E-state index is -0.168. The van der Waals surface area contributed by atoms with Crippen LogP contribution < -0.4 is 22.2 Å². The molecule has 36 heavy (non-hydrogen) atoms. The number of fused-ring (bicyclic) bond motifs is 1. The molecule has 2 aliphatic heterocycles. The highest BCUT2D eigenvalue weighted by molar-refractivity contribution is 5.83. The van der Waals surface area contributed by atoms with Gasteiger partial charge in [0, 0.05) is 49.6 Å². The van der Waals surface area contributed by atoms with Crippen LogP contribution >= 0.6 is 0 Å². The van der Waals surface area contributed by atoms with Gasteiger partial charge in [-0.05, 0) is 95.3 Å². The molecule has 3 saturated carbocycles. The number of likely N-dealkylation sites (tertiary alicyclic amines) is 1. The van der Waals surface area contributed by atoms with Crippen LogP contribution in [-0.4, -0.2) is 71.4 Å². The van der Waals surface area contributed by atoms with E-state index in [0.717, 1.165) is 90.3 Å². The van der Waals surface area contributed by atoms with Gasteiger partial charge in [-0.1, -0.05) is 0 Å². The Morgan fingerprint density at radius 3 is 2.39 bits per heavy atom. The van der Waals surface area contributed by atoms with Gasteiger partial charge >= 0.3 is 0 Å². The molecule has 202 valence electrons. The molecule has 0 spiro atoms. The normalized spacial score (nSPS) is 40.0. The number of carbonyl (C=O) groups excluding carboxylic acids is 2. The van der Waals surface area contributed by atoms with Crippen molar-refractivity contribution < 1.29 is 9.59 Å². The van der Waals surface area contributed by atoms with Gasteiger partial charge in [0.15, 0.2) is 0 Å². The first-order valence-corrected chi connectivity index (χ1v) is 14.6. The van der Waals surface area contributed by atoms with Crippen molar-refractivity contribution in [2.75, 3.05) is 19.6 Å². The fourth-order valence-electron chi connectivity index (χ4n) is 8.01. The third-order valence-electron chi connectivity index (χ3n) is 10.1. The lowest BCUT2D eigenvalue weighted by molar-refractivity contribution is -0.127. The summed E-state index contributed by atoms with van der Waals surface area (Å²) in [4.78, 5) is 27.9. The van der Waals surface area contributed by atoms with Gasteiger partial charge in [-0.3, -0.25) is 25.3 Å². The van der Waals surface area contributed by atoms with E-state index in [1.807, 2.05) is 0 Å². The molecule has 5 aliphatic rings. The Hall–Kier alpha value is -1.71. The Labute approximate surface area is 215 Å². The number of carbonyl (C=O) groups is 2. The number of hydrogen-bond donors (Lipinski definition) is 5. The quantitative estimate of drug-likeness (QED) is 0.266. The standard InChI is InChI=1S/C27H47N7O2/c28-25(29)20-10-9-19-13-24(27(36)32-21-3-1-4-22(15-21)34-12-2-11-31-34)33(23(19)14-20)16-17-5-7-18(8-6-17)26(30)35/h17-24,31H,1-16H2,(H3,28,29)(H2,30,35)(H,32,36). The van der Waals surface area contributed by atoms with Crippen LogP contribution in [0.25, 0.3) is 0 Å². The highest BCUT2D eigenvalue weighted by Crippen LogP contribution is 2.43.